The molecule has 2 aliphatic heterocycles. The minimum Gasteiger partial charge on any atom is -0.326 e. The Balaban J connectivity index is 1.87. The van der Waals surface area contributed by atoms with Crippen molar-refractivity contribution >= 4 is 23.2 Å². The van der Waals surface area contributed by atoms with Gasteiger partial charge in [-0.3, -0.25) is 19.5 Å². The van der Waals surface area contributed by atoms with Crippen molar-refractivity contribution in [1.82, 2.24) is 14.9 Å². The van der Waals surface area contributed by atoms with Crippen LogP contribution in [-0.4, -0.2) is 33.7 Å². The predicted octanol–water partition coefficient (Wildman–Crippen LogP) is 2.89. The van der Waals surface area contributed by atoms with Gasteiger partial charge >= 0.3 is 6.18 Å². The van der Waals surface area contributed by atoms with E-state index in [-0.39, 0.29) is 18.1 Å². The molecule has 2 heterocycles. The van der Waals surface area contributed by atoms with Crippen LogP contribution in [0.4, 0.5) is 24.5 Å². The van der Waals surface area contributed by atoms with Crippen molar-refractivity contribution in [3.63, 3.8) is 0 Å². The molecule has 0 fully saturated rings. The summed E-state index contributed by atoms with van der Waals surface area (Å²) in [6.07, 6.45) is -1.49. The molecule has 0 saturated carbocycles. The molecule has 24 heavy (non-hydrogen) atoms. The summed E-state index contributed by atoms with van der Waals surface area (Å²) >= 11 is 6.11. The van der Waals surface area contributed by atoms with Gasteiger partial charge in [0.25, 0.3) is 5.69 Å². The maximum absolute atomic E-state index is 12.6. The molecule has 0 bridgehead atoms. The number of fused-ring (bicyclic) bond motifs is 1. The first-order chi connectivity index (χ1) is 11.2. The van der Waals surface area contributed by atoms with Gasteiger partial charge in [-0.2, -0.15) is 13.2 Å². The van der Waals surface area contributed by atoms with Crippen LogP contribution in [0.5, 0.6) is 0 Å². The maximum Gasteiger partial charge on any atom is 0.407 e. The van der Waals surface area contributed by atoms with Crippen LogP contribution in [0.2, 0.25) is 0 Å². The van der Waals surface area contributed by atoms with Crippen LogP contribution in [0.15, 0.2) is 48.1 Å². The second kappa shape index (κ2) is 5.78. The van der Waals surface area contributed by atoms with E-state index in [2.05, 4.69) is 5.43 Å². The van der Waals surface area contributed by atoms with Crippen molar-refractivity contribution in [2.24, 2.45) is 0 Å². The minimum atomic E-state index is -4.39. The Kier molecular flexibility index (Phi) is 3.91. The zero-order chi connectivity index (χ0) is 17.5. The van der Waals surface area contributed by atoms with Crippen molar-refractivity contribution in [3.05, 3.63) is 58.2 Å². The highest BCUT2D eigenvalue weighted by atomic mass is 35.5. The Morgan fingerprint density at radius 3 is 2.50 bits per heavy atom. The van der Waals surface area contributed by atoms with Crippen molar-refractivity contribution in [2.75, 3.05) is 18.1 Å². The molecule has 128 valence electrons. The first-order valence-electron chi connectivity index (χ1n) is 6.72. The SMILES string of the molecule is O=[N+]([O-])c1ccc(N2C=C3C(=CNN3CC(F)(F)F)N(Cl)C2)cc1. The summed E-state index contributed by atoms with van der Waals surface area (Å²) in [6, 6.07) is 5.65. The maximum atomic E-state index is 12.6. The van der Waals surface area contributed by atoms with Gasteiger partial charge in [-0.1, -0.05) is 0 Å². The van der Waals surface area contributed by atoms with E-state index in [9.17, 15) is 23.3 Å². The molecule has 0 saturated heterocycles. The molecule has 0 unspecified atom stereocenters. The lowest BCUT2D eigenvalue weighted by atomic mass is 10.2. The van der Waals surface area contributed by atoms with E-state index in [4.69, 9.17) is 11.8 Å². The van der Waals surface area contributed by atoms with Gasteiger partial charge in [0.2, 0.25) is 0 Å². The van der Waals surface area contributed by atoms with Crippen LogP contribution < -0.4 is 10.3 Å². The smallest absolute Gasteiger partial charge is 0.326 e. The number of alkyl halides is 3. The standard InChI is InChI=1S/C13H11ClF3N5O2/c14-20-8-19(9-1-3-10(4-2-9)22(23)24)6-12-11(20)5-18-21(12)7-13(15,16)17/h1-6,18H,7-8H2. The monoisotopic (exact) mass is 361 g/mol. The van der Waals surface area contributed by atoms with Crippen LogP contribution in [0.1, 0.15) is 0 Å². The fourth-order valence-corrected chi connectivity index (χ4v) is 2.63. The fraction of sp³-hybridized carbons (Fsp3) is 0.231. The third-order valence-corrected chi connectivity index (χ3v) is 3.74. The Hall–Kier alpha value is -2.62. The molecule has 0 spiro atoms. The van der Waals surface area contributed by atoms with E-state index in [1.54, 1.807) is 4.90 Å². The zero-order valence-electron chi connectivity index (χ0n) is 12.0. The number of rotatable bonds is 3. The van der Waals surface area contributed by atoms with Gasteiger partial charge in [0.05, 0.1) is 10.6 Å². The molecule has 0 aromatic heterocycles. The lowest BCUT2D eigenvalue weighted by Crippen LogP contribution is -2.41. The van der Waals surface area contributed by atoms with Gasteiger partial charge in [0, 0.05) is 42.0 Å². The molecule has 1 aromatic carbocycles. The Morgan fingerprint density at radius 2 is 1.92 bits per heavy atom. The summed E-state index contributed by atoms with van der Waals surface area (Å²) in [4.78, 5) is 11.8. The van der Waals surface area contributed by atoms with Crippen LogP contribution in [0, 0.1) is 10.1 Å². The molecule has 7 nitrogen and oxygen atoms in total. The first-order valence-corrected chi connectivity index (χ1v) is 7.06. The summed E-state index contributed by atoms with van der Waals surface area (Å²) in [5.41, 5.74) is 3.69. The van der Waals surface area contributed by atoms with Crippen LogP contribution >= 0.6 is 11.8 Å². The molecule has 0 radical (unpaired) electrons. The molecular weight excluding hydrogens is 351 g/mol. The Labute approximate surface area is 139 Å². The molecular formula is C13H11ClF3N5O2. The number of hydrazine groups is 1. The Bertz CT molecular complexity index is 719. The first kappa shape index (κ1) is 16.2. The van der Waals surface area contributed by atoms with Crippen LogP contribution in [0.25, 0.3) is 0 Å². The molecule has 0 amide bonds. The van der Waals surface area contributed by atoms with E-state index in [0.29, 0.717) is 11.4 Å². The number of benzene rings is 1. The topological polar surface area (TPSA) is 64.9 Å². The average molecular weight is 362 g/mol. The number of hydrogen-bond donors (Lipinski definition) is 1. The van der Waals surface area contributed by atoms with Gasteiger partial charge in [0.1, 0.15) is 18.9 Å². The lowest BCUT2D eigenvalue weighted by molar-refractivity contribution is -0.384. The highest BCUT2D eigenvalue weighted by molar-refractivity contribution is 6.15. The van der Waals surface area contributed by atoms with E-state index in [0.717, 1.165) is 5.01 Å². The van der Waals surface area contributed by atoms with E-state index < -0.39 is 17.6 Å². The molecule has 11 heteroatoms. The second-order valence-electron chi connectivity index (χ2n) is 5.12. The predicted molar refractivity (Wildman–Crippen MR) is 80.2 cm³/mol. The van der Waals surface area contributed by atoms with Crippen molar-refractivity contribution in [1.29, 1.82) is 0 Å². The largest absolute Gasteiger partial charge is 0.407 e. The van der Waals surface area contributed by atoms with E-state index in [1.165, 1.54) is 41.1 Å². The van der Waals surface area contributed by atoms with Gasteiger partial charge in [-0.15, -0.1) is 0 Å². The highest BCUT2D eigenvalue weighted by Gasteiger charge is 2.37. The third-order valence-electron chi connectivity index (χ3n) is 3.46. The fourth-order valence-electron chi connectivity index (χ4n) is 2.38. The van der Waals surface area contributed by atoms with Crippen molar-refractivity contribution < 1.29 is 18.1 Å². The van der Waals surface area contributed by atoms with Crippen LogP contribution in [0.3, 0.4) is 0 Å². The molecule has 0 atom stereocenters. The number of nitrogens with zero attached hydrogens (tertiary/aromatic N) is 4. The van der Waals surface area contributed by atoms with Crippen LogP contribution in [-0.2, 0) is 0 Å². The number of halogens is 4. The lowest BCUT2D eigenvalue weighted by Gasteiger charge is -2.34. The van der Waals surface area contributed by atoms with Gasteiger partial charge in [0.15, 0.2) is 0 Å². The summed E-state index contributed by atoms with van der Waals surface area (Å²) in [5, 5.41) is 11.6. The van der Waals surface area contributed by atoms with Gasteiger partial charge in [-0.25, -0.2) is 0 Å². The number of nitrogens with one attached hydrogen (secondary N) is 1. The van der Waals surface area contributed by atoms with E-state index in [1.807, 2.05) is 0 Å². The minimum absolute atomic E-state index is 0.0760. The molecule has 0 aliphatic carbocycles. The highest BCUT2D eigenvalue weighted by Crippen LogP contribution is 2.33. The summed E-state index contributed by atoms with van der Waals surface area (Å²) in [6.45, 7) is -1.01. The average Bonchev–Trinajstić information content (AvgIpc) is 2.89. The van der Waals surface area contributed by atoms with Gasteiger partial charge < -0.3 is 10.3 Å². The quantitative estimate of drug-likeness (QED) is 0.507. The second-order valence-corrected chi connectivity index (χ2v) is 5.53. The number of nitro groups is 1. The molecule has 1 N–H and O–H groups in total. The zero-order valence-corrected chi connectivity index (χ0v) is 12.8. The van der Waals surface area contributed by atoms with Crippen molar-refractivity contribution in [2.45, 2.75) is 6.18 Å². The van der Waals surface area contributed by atoms with Crippen molar-refractivity contribution in [3.8, 4) is 0 Å². The number of non-ortho nitro benzene ring substituents is 1. The molecule has 1 aromatic rings. The number of hydrogen-bond acceptors (Lipinski definition) is 6. The number of nitro benzene ring substituents is 1. The third kappa shape index (κ3) is 3.18. The molecule has 3 rings (SSSR count). The van der Waals surface area contributed by atoms with Gasteiger partial charge in [-0.05, 0) is 12.1 Å². The summed E-state index contributed by atoms with van der Waals surface area (Å²) in [5.74, 6) is 0. The van der Waals surface area contributed by atoms with E-state index >= 15 is 0 Å². The summed E-state index contributed by atoms with van der Waals surface area (Å²) in [7, 11) is 0. The molecule has 2 aliphatic rings. The normalized spacial score (nSPS) is 17.2. The number of anilines is 1. The Morgan fingerprint density at radius 1 is 1.25 bits per heavy atom. The summed E-state index contributed by atoms with van der Waals surface area (Å²) < 4.78 is 39.2.